The van der Waals surface area contributed by atoms with Crippen molar-refractivity contribution in [2.45, 2.75) is 65.2 Å². The van der Waals surface area contributed by atoms with E-state index >= 15 is 0 Å². The summed E-state index contributed by atoms with van der Waals surface area (Å²) in [5.41, 5.74) is 1.24. The van der Waals surface area contributed by atoms with Gasteiger partial charge in [-0.15, -0.1) is 0 Å². The number of Topliss-reactive ketones (excluding diaryl/α,β-unsaturated/α-hetero) is 1. The fourth-order valence-corrected chi connectivity index (χ4v) is 7.33. The highest BCUT2D eigenvalue weighted by molar-refractivity contribution is 5.91. The van der Waals surface area contributed by atoms with E-state index in [0.717, 1.165) is 38.5 Å². The topological polar surface area (TPSA) is 54.4 Å². The first-order valence-electron chi connectivity index (χ1n) is 9.77. The third-order valence-corrected chi connectivity index (χ3v) is 8.46. The zero-order chi connectivity index (χ0) is 17.1. The molecular formula is C21H30O3. The second kappa shape index (κ2) is 5.52. The summed E-state index contributed by atoms with van der Waals surface area (Å²) in [6, 6.07) is 0. The van der Waals surface area contributed by atoms with Crippen molar-refractivity contribution < 1.29 is 14.7 Å². The third kappa shape index (κ3) is 2.06. The second-order valence-electron chi connectivity index (χ2n) is 9.15. The van der Waals surface area contributed by atoms with Crippen molar-refractivity contribution in [1.82, 2.24) is 0 Å². The molecule has 3 nitrogen and oxygen atoms in total. The molecule has 132 valence electrons. The summed E-state index contributed by atoms with van der Waals surface area (Å²) in [5, 5.41) is 10.3. The Kier molecular flexibility index (Phi) is 3.80. The van der Waals surface area contributed by atoms with Crippen LogP contribution in [0.5, 0.6) is 0 Å². The molecule has 0 saturated heterocycles. The van der Waals surface area contributed by atoms with Gasteiger partial charge in [-0.3, -0.25) is 9.59 Å². The highest BCUT2D eigenvalue weighted by atomic mass is 16.3. The van der Waals surface area contributed by atoms with E-state index in [2.05, 4.69) is 6.92 Å². The van der Waals surface area contributed by atoms with Gasteiger partial charge < -0.3 is 5.11 Å². The lowest BCUT2D eigenvalue weighted by molar-refractivity contribution is -0.130. The number of hydrogen-bond acceptors (Lipinski definition) is 3. The Morgan fingerprint density at radius 3 is 2.67 bits per heavy atom. The van der Waals surface area contributed by atoms with Gasteiger partial charge in [-0.05, 0) is 81.1 Å². The van der Waals surface area contributed by atoms with Crippen molar-refractivity contribution in [3.05, 3.63) is 11.6 Å². The first-order valence-corrected chi connectivity index (χ1v) is 9.77. The molecule has 0 spiro atoms. The largest absolute Gasteiger partial charge is 0.395 e. The summed E-state index contributed by atoms with van der Waals surface area (Å²) in [5.74, 6) is 2.58. The highest BCUT2D eigenvalue weighted by Gasteiger charge is 2.60. The maximum absolute atomic E-state index is 12.2. The van der Waals surface area contributed by atoms with E-state index in [9.17, 15) is 14.7 Å². The molecule has 0 aromatic rings. The highest BCUT2D eigenvalue weighted by Crippen LogP contribution is 2.66. The predicted octanol–water partition coefficient (Wildman–Crippen LogP) is 3.70. The first-order chi connectivity index (χ1) is 11.4. The summed E-state index contributed by atoms with van der Waals surface area (Å²) < 4.78 is 0. The smallest absolute Gasteiger partial charge is 0.155 e. The molecule has 0 amide bonds. The van der Waals surface area contributed by atoms with Gasteiger partial charge in [-0.25, -0.2) is 0 Å². The molecule has 24 heavy (non-hydrogen) atoms. The van der Waals surface area contributed by atoms with Crippen molar-refractivity contribution in [2.75, 3.05) is 6.61 Å². The zero-order valence-electron chi connectivity index (χ0n) is 15.0. The minimum absolute atomic E-state index is 0.146. The van der Waals surface area contributed by atoms with Crippen LogP contribution in [0.15, 0.2) is 11.6 Å². The van der Waals surface area contributed by atoms with Gasteiger partial charge in [0.15, 0.2) is 5.78 Å². The summed E-state index contributed by atoms with van der Waals surface area (Å²) in [6.45, 7) is 4.31. The maximum atomic E-state index is 12.2. The van der Waals surface area contributed by atoms with E-state index in [1.54, 1.807) is 6.92 Å². The molecule has 4 aliphatic carbocycles. The second-order valence-corrected chi connectivity index (χ2v) is 9.15. The molecule has 0 bridgehead atoms. The van der Waals surface area contributed by atoms with Crippen LogP contribution in [0.25, 0.3) is 0 Å². The summed E-state index contributed by atoms with van der Waals surface area (Å²) in [4.78, 5) is 24.1. The van der Waals surface area contributed by atoms with E-state index in [4.69, 9.17) is 0 Å². The van der Waals surface area contributed by atoms with Crippen LogP contribution in [0, 0.1) is 34.5 Å². The first kappa shape index (κ1) is 16.5. The number of aliphatic hydroxyl groups excluding tert-OH is 1. The zero-order valence-corrected chi connectivity index (χ0v) is 15.0. The molecule has 4 rings (SSSR count). The van der Waals surface area contributed by atoms with Crippen LogP contribution >= 0.6 is 0 Å². The molecule has 0 aliphatic heterocycles. The van der Waals surface area contributed by atoms with Gasteiger partial charge in [0, 0.05) is 17.8 Å². The molecule has 0 aromatic carbocycles. The minimum atomic E-state index is -0.146. The van der Waals surface area contributed by atoms with Crippen LogP contribution in [-0.2, 0) is 9.59 Å². The van der Waals surface area contributed by atoms with Crippen LogP contribution in [-0.4, -0.2) is 23.3 Å². The van der Waals surface area contributed by atoms with Crippen LogP contribution in [0.4, 0.5) is 0 Å². The molecule has 0 aromatic heterocycles. The van der Waals surface area contributed by atoms with Gasteiger partial charge in [0.1, 0.15) is 5.78 Å². The number of carbonyl (C=O) groups excluding carboxylic acids is 2. The average Bonchev–Trinajstić information content (AvgIpc) is 2.91. The maximum Gasteiger partial charge on any atom is 0.155 e. The molecule has 6 atom stereocenters. The summed E-state index contributed by atoms with van der Waals surface area (Å²) in [6.07, 6.45) is 9.80. The van der Waals surface area contributed by atoms with Crippen molar-refractivity contribution >= 4 is 11.6 Å². The minimum Gasteiger partial charge on any atom is -0.395 e. The van der Waals surface area contributed by atoms with Gasteiger partial charge in [0.05, 0.1) is 6.61 Å². The molecule has 3 saturated carbocycles. The van der Waals surface area contributed by atoms with Crippen LogP contribution in [0.3, 0.4) is 0 Å². The number of aliphatic hydroxyl groups is 1. The van der Waals surface area contributed by atoms with Crippen molar-refractivity contribution in [3.63, 3.8) is 0 Å². The van der Waals surface area contributed by atoms with Gasteiger partial charge >= 0.3 is 0 Å². The van der Waals surface area contributed by atoms with Crippen molar-refractivity contribution in [2.24, 2.45) is 34.5 Å². The molecular weight excluding hydrogens is 300 g/mol. The van der Waals surface area contributed by atoms with E-state index in [1.165, 1.54) is 12.0 Å². The number of ketones is 2. The number of rotatable bonds is 2. The van der Waals surface area contributed by atoms with Crippen LogP contribution < -0.4 is 0 Å². The molecule has 0 radical (unpaired) electrons. The predicted molar refractivity (Wildman–Crippen MR) is 92.3 cm³/mol. The number of carbonyl (C=O) groups is 2. The number of fused-ring (bicyclic) bond motifs is 5. The van der Waals surface area contributed by atoms with Gasteiger partial charge in [-0.1, -0.05) is 12.5 Å². The Morgan fingerprint density at radius 2 is 1.96 bits per heavy atom. The van der Waals surface area contributed by atoms with E-state index in [1.807, 2.05) is 6.08 Å². The standard InChI is InChI=1S/C21H30O3/c1-13(23)17-5-6-18-16-4-3-14-11-15(24)7-10-21(14,12-22)19(16)8-9-20(17,18)2/h11,16-19,22H,3-10,12H2,1-2H3/t16-,17+,18-,19-,20+,21-/m1/s1. The fraction of sp³-hybridized carbons (Fsp3) is 0.810. The Bertz CT molecular complexity index is 606. The monoisotopic (exact) mass is 330 g/mol. The van der Waals surface area contributed by atoms with Crippen LogP contribution in [0.1, 0.15) is 65.2 Å². The molecule has 0 unspecified atom stereocenters. The van der Waals surface area contributed by atoms with Crippen molar-refractivity contribution in [3.8, 4) is 0 Å². The summed E-state index contributed by atoms with van der Waals surface area (Å²) >= 11 is 0. The number of hydrogen-bond donors (Lipinski definition) is 1. The third-order valence-electron chi connectivity index (χ3n) is 8.46. The lowest BCUT2D eigenvalue weighted by atomic mass is 9.46. The Morgan fingerprint density at radius 1 is 1.17 bits per heavy atom. The van der Waals surface area contributed by atoms with E-state index in [-0.39, 0.29) is 29.1 Å². The van der Waals surface area contributed by atoms with Crippen molar-refractivity contribution in [1.29, 1.82) is 0 Å². The fourth-order valence-electron chi connectivity index (χ4n) is 7.33. The molecule has 3 fully saturated rings. The molecule has 0 heterocycles. The van der Waals surface area contributed by atoms with E-state index in [0.29, 0.717) is 30.0 Å². The van der Waals surface area contributed by atoms with Gasteiger partial charge in [0.25, 0.3) is 0 Å². The molecule has 4 aliphatic rings. The average molecular weight is 330 g/mol. The lowest BCUT2D eigenvalue weighted by Crippen LogP contribution is -2.53. The SMILES string of the molecule is CC(=O)[C@@H]1CC[C@@H]2[C@H]3CCC4=CC(=O)CC[C@]4(CO)[C@@H]3CC[C@]21C. The van der Waals surface area contributed by atoms with Gasteiger partial charge in [0.2, 0.25) is 0 Å². The Hall–Kier alpha value is -0.960. The van der Waals surface area contributed by atoms with Gasteiger partial charge in [-0.2, -0.15) is 0 Å². The van der Waals surface area contributed by atoms with Crippen LogP contribution in [0.2, 0.25) is 0 Å². The summed E-state index contributed by atoms with van der Waals surface area (Å²) in [7, 11) is 0. The molecule has 3 heteroatoms. The Labute approximate surface area is 144 Å². The quantitative estimate of drug-likeness (QED) is 0.840. The molecule has 1 N–H and O–H groups in total. The Balaban J connectivity index is 1.69. The lowest BCUT2D eigenvalue weighted by Gasteiger charge is -2.58. The normalized spacial score (nSPS) is 47.5. The van der Waals surface area contributed by atoms with E-state index < -0.39 is 0 Å².